The summed E-state index contributed by atoms with van der Waals surface area (Å²) in [5, 5.41) is 0. The van der Waals surface area contributed by atoms with Crippen molar-refractivity contribution in [3.8, 4) is 0 Å². The highest BCUT2D eigenvalue weighted by molar-refractivity contribution is 9.10. The first-order chi connectivity index (χ1) is 8.90. The highest BCUT2D eigenvalue weighted by atomic mass is 79.9. The minimum Gasteiger partial charge on any atom is -0.337 e. The van der Waals surface area contributed by atoms with Gasteiger partial charge in [0.05, 0.1) is 0 Å². The minimum absolute atomic E-state index is 0.148. The molecule has 1 aromatic rings. The summed E-state index contributed by atoms with van der Waals surface area (Å²) in [5.41, 5.74) is 1.84. The summed E-state index contributed by atoms with van der Waals surface area (Å²) in [6.07, 6.45) is 0. The minimum atomic E-state index is 0.148. The number of halogens is 1. The van der Waals surface area contributed by atoms with E-state index in [2.05, 4.69) is 41.8 Å². The van der Waals surface area contributed by atoms with E-state index in [4.69, 9.17) is 0 Å². The first-order valence-electron chi connectivity index (χ1n) is 6.62. The van der Waals surface area contributed by atoms with Gasteiger partial charge in [-0.15, -0.1) is 0 Å². The molecule has 19 heavy (non-hydrogen) atoms. The van der Waals surface area contributed by atoms with Crippen molar-refractivity contribution in [1.82, 2.24) is 9.80 Å². The molecule has 0 bridgehead atoms. The third kappa shape index (κ3) is 3.00. The molecule has 0 aromatic heterocycles. The molecule has 2 unspecified atom stereocenters. The zero-order chi connectivity index (χ0) is 14.2. The van der Waals surface area contributed by atoms with E-state index in [1.807, 2.05) is 30.0 Å². The predicted molar refractivity (Wildman–Crippen MR) is 81.4 cm³/mol. The van der Waals surface area contributed by atoms with Gasteiger partial charge in [-0.25, -0.2) is 0 Å². The molecule has 1 aliphatic rings. The Kier molecular flexibility index (Phi) is 4.31. The van der Waals surface area contributed by atoms with Crippen molar-refractivity contribution in [3.63, 3.8) is 0 Å². The van der Waals surface area contributed by atoms with E-state index >= 15 is 0 Å². The number of hydrogen-bond acceptors (Lipinski definition) is 2. The summed E-state index contributed by atoms with van der Waals surface area (Å²) in [6.45, 7) is 5.86. The van der Waals surface area contributed by atoms with Crippen LogP contribution >= 0.6 is 15.9 Å². The second-order valence-corrected chi connectivity index (χ2v) is 6.59. The van der Waals surface area contributed by atoms with Crippen molar-refractivity contribution in [1.29, 1.82) is 0 Å². The normalized spacial score (nSPS) is 23.2. The zero-order valence-corrected chi connectivity index (χ0v) is 13.6. The van der Waals surface area contributed by atoms with Gasteiger partial charge in [-0.05, 0) is 44.6 Å². The van der Waals surface area contributed by atoms with Gasteiger partial charge in [0.15, 0.2) is 0 Å². The van der Waals surface area contributed by atoms with Crippen LogP contribution < -0.4 is 0 Å². The molecular weight excluding hydrogens is 304 g/mol. The van der Waals surface area contributed by atoms with Gasteiger partial charge < -0.3 is 9.80 Å². The van der Waals surface area contributed by atoms with Gasteiger partial charge in [-0.1, -0.05) is 28.9 Å². The Labute approximate surface area is 123 Å². The van der Waals surface area contributed by atoms with Crippen LogP contribution in [0.25, 0.3) is 0 Å². The summed E-state index contributed by atoms with van der Waals surface area (Å²) in [5.74, 6) is 0.668. The monoisotopic (exact) mass is 324 g/mol. The second kappa shape index (κ2) is 5.63. The number of carbonyl (C=O) groups excluding carboxylic acids is 1. The SMILES string of the molecule is Cc1ccc(Br)cc1C(=O)N1CC(C)C(N(C)C)C1. The van der Waals surface area contributed by atoms with Crippen LogP contribution in [0.2, 0.25) is 0 Å². The Morgan fingerprint density at radius 1 is 1.37 bits per heavy atom. The number of likely N-dealkylation sites (N-methyl/N-ethyl adjacent to an activating group) is 1. The number of rotatable bonds is 2. The highest BCUT2D eigenvalue weighted by Crippen LogP contribution is 2.24. The van der Waals surface area contributed by atoms with Crippen LogP contribution in [0.5, 0.6) is 0 Å². The molecule has 1 saturated heterocycles. The summed E-state index contributed by atoms with van der Waals surface area (Å²) >= 11 is 3.44. The maximum atomic E-state index is 12.6. The zero-order valence-electron chi connectivity index (χ0n) is 12.0. The van der Waals surface area contributed by atoms with Gasteiger partial charge >= 0.3 is 0 Å². The predicted octanol–water partition coefficient (Wildman–Crippen LogP) is 2.78. The van der Waals surface area contributed by atoms with Crippen LogP contribution in [0.1, 0.15) is 22.8 Å². The van der Waals surface area contributed by atoms with Crippen LogP contribution in [0.3, 0.4) is 0 Å². The van der Waals surface area contributed by atoms with E-state index in [-0.39, 0.29) is 5.91 Å². The first-order valence-corrected chi connectivity index (χ1v) is 7.41. The number of amides is 1. The van der Waals surface area contributed by atoms with Crippen LogP contribution in [0.15, 0.2) is 22.7 Å². The van der Waals surface area contributed by atoms with Crippen LogP contribution in [-0.2, 0) is 0 Å². The second-order valence-electron chi connectivity index (χ2n) is 5.68. The van der Waals surface area contributed by atoms with E-state index in [1.165, 1.54) is 0 Å². The lowest BCUT2D eigenvalue weighted by Crippen LogP contribution is -2.36. The van der Waals surface area contributed by atoms with E-state index in [9.17, 15) is 4.79 Å². The number of nitrogens with zero attached hydrogens (tertiary/aromatic N) is 2. The Balaban J connectivity index is 2.19. The van der Waals surface area contributed by atoms with Gasteiger partial charge in [0, 0.05) is 29.2 Å². The molecule has 1 fully saturated rings. The third-order valence-electron chi connectivity index (χ3n) is 3.95. The third-order valence-corrected chi connectivity index (χ3v) is 4.45. The highest BCUT2D eigenvalue weighted by Gasteiger charge is 2.34. The Morgan fingerprint density at radius 2 is 2.05 bits per heavy atom. The van der Waals surface area contributed by atoms with Crippen molar-refractivity contribution in [2.45, 2.75) is 19.9 Å². The molecule has 4 heteroatoms. The quantitative estimate of drug-likeness (QED) is 0.835. The number of hydrogen-bond donors (Lipinski definition) is 0. The van der Waals surface area contributed by atoms with Gasteiger partial charge in [0.2, 0.25) is 0 Å². The lowest BCUT2D eigenvalue weighted by atomic mass is 10.1. The van der Waals surface area contributed by atoms with Crippen molar-refractivity contribution in [3.05, 3.63) is 33.8 Å². The van der Waals surface area contributed by atoms with Crippen LogP contribution in [0.4, 0.5) is 0 Å². The molecule has 0 N–H and O–H groups in total. The fourth-order valence-electron chi connectivity index (χ4n) is 2.78. The van der Waals surface area contributed by atoms with Gasteiger partial charge in [0.25, 0.3) is 5.91 Å². The molecule has 1 aliphatic heterocycles. The smallest absolute Gasteiger partial charge is 0.254 e. The van der Waals surface area contributed by atoms with Crippen molar-refractivity contribution in [2.24, 2.45) is 5.92 Å². The molecule has 3 nitrogen and oxygen atoms in total. The topological polar surface area (TPSA) is 23.6 Å². The number of carbonyl (C=O) groups is 1. The van der Waals surface area contributed by atoms with E-state index in [0.717, 1.165) is 28.7 Å². The molecule has 0 spiro atoms. The van der Waals surface area contributed by atoms with E-state index in [0.29, 0.717) is 12.0 Å². The Bertz CT molecular complexity index is 487. The van der Waals surface area contributed by atoms with Crippen molar-refractivity contribution < 1.29 is 4.79 Å². The van der Waals surface area contributed by atoms with Crippen molar-refractivity contribution >= 4 is 21.8 Å². The molecule has 0 aliphatic carbocycles. The average Bonchev–Trinajstić information content (AvgIpc) is 2.74. The maximum Gasteiger partial charge on any atom is 0.254 e. The number of benzene rings is 1. The summed E-state index contributed by atoms with van der Waals surface area (Å²) in [6, 6.07) is 6.34. The molecule has 104 valence electrons. The largest absolute Gasteiger partial charge is 0.337 e. The lowest BCUT2D eigenvalue weighted by molar-refractivity contribution is 0.0780. The maximum absolute atomic E-state index is 12.6. The molecular formula is C15H21BrN2O. The van der Waals surface area contributed by atoms with Crippen LogP contribution in [0, 0.1) is 12.8 Å². The van der Waals surface area contributed by atoms with Gasteiger partial charge in [-0.3, -0.25) is 4.79 Å². The molecule has 1 aromatic carbocycles. The molecule has 0 radical (unpaired) electrons. The van der Waals surface area contributed by atoms with E-state index < -0.39 is 0 Å². The summed E-state index contributed by atoms with van der Waals surface area (Å²) in [4.78, 5) is 16.8. The van der Waals surface area contributed by atoms with E-state index in [1.54, 1.807) is 0 Å². The standard InChI is InChI=1S/C15H21BrN2O/c1-10-5-6-12(16)7-13(10)15(19)18-8-11(2)14(9-18)17(3)4/h5-7,11,14H,8-9H2,1-4H3. The molecule has 1 amide bonds. The number of likely N-dealkylation sites (tertiary alicyclic amines) is 1. The molecule has 0 saturated carbocycles. The Morgan fingerprint density at radius 3 is 2.63 bits per heavy atom. The number of aryl methyl sites for hydroxylation is 1. The first kappa shape index (κ1) is 14.5. The van der Waals surface area contributed by atoms with Crippen molar-refractivity contribution in [2.75, 3.05) is 27.2 Å². The van der Waals surface area contributed by atoms with Gasteiger partial charge in [-0.2, -0.15) is 0 Å². The fourth-order valence-corrected chi connectivity index (χ4v) is 3.14. The molecule has 1 heterocycles. The fraction of sp³-hybridized carbons (Fsp3) is 0.533. The Hall–Kier alpha value is -0.870. The lowest BCUT2D eigenvalue weighted by Gasteiger charge is -2.22. The molecule has 2 atom stereocenters. The average molecular weight is 325 g/mol. The summed E-state index contributed by atoms with van der Waals surface area (Å²) < 4.78 is 0.956. The van der Waals surface area contributed by atoms with Gasteiger partial charge in [0.1, 0.15) is 0 Å². The van der Waals surface area contributed by atoms with Crippen LogP contribution in [-0.4, -0.2) is 48.9 Å². The summed E-state index contributed by atoms with van der Waals surface area (Å²) in [7, 11) is 4.17. The molecule has 2 rings (SSSR count).